The van der Waals surface area contributed by atoms with Gasteiger partial charge in [-0.05, 0) is 29.9 Å². The van der Waals surface area contributed by atoms with Crippen molar-refractivity contribution >= 4 is 6.41 Å². The minimum atomic E-state index is 0.663. The van der Waals surface area contributed by atoms with Gasteiger partial charge in [0.05, 0.1) is 0 Å². The van der Waals surface area contributed by atoms with Crippen molar-refractivity contribution in [3.8, 4) is 0 Å². The summed E-state index contributed by atoms with van der Waals surface area (Å²) in [6.07, 6.45) is 3.36. The maximum atomic E-state index is 10.2. The molecule has 68 valence electrons. The lowest BCUT2D eigenvalue weighted by Gasteiger charge is -2.06. The molecule has 2 heteroatoms. The van der Waals surface area contributed by atoms with Crippen LogP contribution in [-0.2, 0) is 11.3 Å². The summed E-state index contributed by atoms with van der Waals surface area (Å²) < 4.78 is 0. The standard InChI is InChI=1S/C11H13NO/c13-8-12-7-10-3-1-2-4-11(10)9-5-6-9/h1-4,8-9H,5-7H2,(H,12,13). The zero-order chi connectivity index (χ0) is 9.10. The van der Waals surface area contributed by atoms with Crippen molar-refractivity contribution in [2.24, 2.45) is 0 Å². The third-order valence-corrected chi connectivity index (χ3v) is 2.45. The molecule has 0 spiro atoms. The summed E-state index contributed by atoms with van der Waals surface area (Å²) in [5.74, 6) is 0.754. The molecule has 0 saturated heterocycles. The highest BCUT2D eigenvalue weighted by molar-refractivity contribution is 5.47. The molecular formula is C11H13NO. The molecule has 0 heterocycles. The van der Waals surface area contributed by atoms with Crippen LogP contribution in [0.5, 0.6) is 0 Å². The van der Waals surface area contributed by atoms with Gasteiger partial charge < -0.3 is 5.32 Å². The largest absolute Gasteiger partial charge is 0.355 e. The Hall–Kier alpha value is -1.31. The van der Waals surface area contributed by atoms with Gasteiger partial charge in [-0.1, -0.05) is 24.3 Å². The molecule has 0 atom stereocenters. The van der Waals surface area contributed by atoms with E-state index in [0.717, 1.165) is 12.3 Å². The quantitative estimate of drug-likeness (QED) is 0.695. The maximum absolute atomic E-state index is 10.2. The zero-order valence-corrected chi connectivity index (χ0v) is 7.49. The molecule has 13 heavy (non-hydrogen) atoms. The number of hydrogen-bond acceptors (Lipinski definition) is 1. The van der Waals surface area contributed by atoms with Gasteiger partial charge in [0.25, 0.3) is 0 Å². The number of benzene rings is 1. The first kappa shape index (κ1) is 8.30. The van der Waals surface area contributed by atoms with Crippen molar-refractivity contribution in [1.29, 1.82) is 0 Å². The maximum Gasteiger partial charge on any atom is 0.207 e. The lowest BCUT2D eigenvalue weighted by atomic mass is 10.0. The summed E-state index contributed by atoms with van der Waals surface area (Å²) in [6.45, 7) is 0.663. The van der Waals surface area contributed by atoms with Crippen LogP contribution in [0.25, 0.3) is 0 Å². The van der Waals surface area contributed by atoms with E-state index in [0.29, 0.717) is 6.54 Å². The van der Waals surface area contributed by atoms with Gasteiger partial charge in [-0.3, -0.25) is 4.79 Å². The Balaban J connectivity index is 2.16. The van der Waals surface area contributed by atoms with Crippen LogP contribution >= 0.6 is 0 Å². The van der Waals surface area contributed by atoms with Crippen LogP contribution in [0.4, 0.5) is 0 Å². The van der Waals surface area contributed by atoms with Gasteiger partial charge in [0.15, 0.2) is 0 Å². The van der Waals surface area contributed by atoms with Gasteiger partial charge >= 0.3 is 0 Å². The highest BCUT2D eigenvalue weighted by Gasteiger charge is 2.25. The predicted octanol–water partition coefficient (Wildman–Crippen LogP) is 1.81. The predicted molar refractivity (Wildman–Crippen MR) is 51.3 cm³/mol. The average molecular weight is 175 g/mol. The normalized spacial score (nSPS) is 15.4. The van der Waals surface area contributed by atoms with Crippen LogP contribution < -0.4 is 5.32 Å². The van der Waals surface area contributed by atoms with Crippen molar-refractivity contribution in [1.82, 2.24) is 5.32 Å². The summed E-state index contributed by atoms with van der Waals surface area (Å²) in [4.78, 5) is 10.2. The molecule has 1 aromatic carbocycles. The molecule has 1 fully saturated rings. The highest BCUT2D eigenvalue weighted by Crippen LogP contribution is 2.41. The number of hydrogen-bond donors (Lipinski definition) is 1. The van der Waals surface area contributed by atoms with Crippen LogP contribution in [-0.4, -0.2) is 6.41 Å². The minimum Gasteiger partial charge on any atom is -0.355 e. The van der Waals surface area contributed by atoms with E-state index < -0.39 is 0 Å². The first-order valence-electron chi connectivity index (χ1n) is 4.66. The fraction of sp³-hybridized carbons (Fsp3) is 0.364. The van der Waals surface area contributed by atoms with Gasteiger partial charge in [0, 0.05) is 6.54 Å². The SMILES string of the molecule is O=CNCc1ccccc1C1CC1. The molecule has 2 rings (SSSR count). The fourth-order valence-electron chi connectivity index (χ4n) is 1.64. The minimum absolute atomic E-state index is 0.663. The van der Waals surface area contributed by atoms with Gasteiger partial charge in [-0.25, -0.2) is 0 Å². The van der Waals surface area contributed by atoms with Crippen LogP contribution in [0.3, 0.4) is 0 Å². The zero-order valence-electron chi connectivity index (χ0n) is 7.49. The number of rotatable bonds is 4. The summed E-state index contributed by atoms with van der Waals surface area (Å²) >= 11 is 0. The third kappa shape index (κ3) is 1.89. The average Bonchev–Trinajstić information content (AvgIpc) is 2.98. The number of carbonyl (C=O) groups excluding carboxylic acids is 1. The second-order valence-corrected chi connectivity index (χ2v) is 3.47. The summed E-state index contributed by atoms with van der Waals surface area (Å²) in [7, 11) is 0. The van der Waals surface area contributed by atoms with E-state index in [-0.39, 0.29) is 0 Å². The molecule has 1 aromatic rings. The number of carbonyl (C=O) groups is 1. The first-order valence-corrected chi connectivity index (χ1v) is 4.66. The fourth-order valence-corrected chi connectivity index (χ4v) is 1.64. The highest BCUT2D eigenvalue weighted by atomic mass is 16.1. The molecule has 0 bridgehead atoms. The molecule has 1 aliphatic rings. The van der Waals surface area contributed by atoms with Gasteiger partial charge in [-0.2, -0.15) is 0 Å². The Morgan fingerprint density at radius 1 is 1.38 bits per heavy atom. The second kappa shape index (κ2) is 3.60. The molecule has 1 N–H and O–H groups in total. The number of amides is 1. The van der Waals surface area contributed by atoms with Crippen LogP contribution in [0, 0.1) is 0 Å². The van der Waals surface area contributed by atoms with Crippen molar-refractivity contribution < 1.29 is 4.79 Å². The first-order chi connectivity index (χ1) is 6.42. The van der Waals surface area contributed by atoms with Crippen molar-refractivity contribution in [3.05, 3.63) is 35.4 Å². The van der Waals surface area contributed by atoms with Gasteiger partial charge in [0.1, 0.15) is 0 Å². The van der Waals surface area contributed by atoms with Crippen molar-refractivity contribution in [2.45, 2.75) is 25.3 Å². The molecule has 2 nitrogen and oxygen atoms in total. The van der Waals surface area contributed by atoms with Crippen LogP contribution in [0.2, 0.25) is 0 Å². The summed E-state index contributed by atoms with van der Waals surface area (Å²) in [6, 6.07) is 8.34. The molecule has 0 radical (unpaired) electrons. The second-order valence-electron chi connectivity index (χ2n) is 3.47. The Labute approximate surface area is 78.0 Å². The molecular weight excluding hydrogens is 162 g/mol. The molecule has 1 saturated carbocycles. The topological polar surface area (TPSA) is 29.1 Å². The number of nitrogens with one attached hydrogen (secondary N) is 1. The third-order valence-electron chi connectivity index (χ3n) is 2.45. The monoisotopic (exact) mass is 175 g/mol. The smallest absolute Gasteiger partial charge is 0.207 e. The Morgan fingerprint density at radius 3 is 2.85 bits per heavy atom. The van der Waals surface area contributed by atoms with E-state index in [9.17, 15) is 4.79 Å². The van der Waals surface area contributed by atoms with Crippen LogP contribution in [0.1, 0.15) is 29.9 Å². The van der Waals surface area contributed by atoms with Crippen molar-refractivity contribution in [2.75, 3.05) is 0 Å². The van der Waals surface area contributed by atoms with E-state index in [4.69, 9.17) is 0 Å². The Kier molecular flexibility index (Phi) is 2.30. The van der Waals surface area contributed by atoms with E-state index in [1.165, 1.54) is 24.0 Å². The molecule has 0 aromatic heterocycles. The van der Waals surface area contributed by atoms with Gasteiger partial charge in [-0.15, -0.1) is 0 Å². The summed E-state index contributed by atoms with van der Waals surface area (Å²) in [5, 5.41) is 2.71. The van der Waals surface area contributed by atoms with E-state index in [1.807, 2.05) is 6.07 Å². The molecule has 1 amide bonds. The van der Waals surface area contributed by atoms with Crippen molar-refractivity contribution in [3.63, 3.8) is 0 Å². The Morgan fingerprint density at radius 2 is 2.15 bits per heavy atom. The lowest BCUT2D eigenvalue weighted by molar-refractivity contribution is -0.109. The molecule has 0 unspecified atom stereocenters. The Bertz CT molecular complexity index is 305. The molecule has 1 aliphatic carbocycles. The van der Waals surface area contributed by atoms with Crippen LogP contribution in [0.15, 0.2) is 24.3 Å². The summed E-state index contributed by atoms with van der Waals surface area (Å²) in [5.41, 5.74) is 2.67. The lowest BCUT2D eigenvalue weighted by Crippen LogP contribution is -2.11. The van der Waals surface area contributed by atoms with E-state index >= 15 is 0 Å². The van der Waals surface area contributed by atoms with E-state index in [2.05, 4.69) is 23.5 Å². The molecule has 0 aliphatic heterocycles. The van der Waals surface area contributed by atoms with E-state index in [1.54, 1.807) is 0 Å². The van der Waals surface area contributed by atoms with Gasteiger partial charge in [0.2, 0.25) is 6.41 Å².